The molecule has 0 heterocycles. The molecule has 0 atom stereocenters. The van der Waals surface area contributed by atoms with Crippen molar-refractivity contribution < 1.29 is 19.4 Å². The van der Waals surface area contributed by atoms with Crippen molar-refractivity contribution in [2.45, 2.75) is 6.92 Å². The molecule has 0 aromatic rings. The van der Waals surface area contributed by atoms with Crippen molar-refractivity contribution in [2.24, 2.45) is 0 Å². The van der Waals surface area contributed by atoms with Gasteiger partial charge in [-0.25, -0.2) is 4.79 Å². The second kappa shape index (κ2) is 10.3. The number of carbonyl (C=O) groups is 1. The first kappa shape index (κ1) is 11.1. The molecule has 4 heteroatoms. The van der Waals surface area contributed by atoms with Crippen molar-refractivity contribution in [1.82, 2.24) is 0 Å². The number of aliphatic hydroxyl groups is 1. The Morgan fingerprint density at radius 3 is 1.67 bits per heavy atom. The van der Waals surface area contributed by atoms with Crippen LogP contribution in [-0.2, 0) is 9.47 Å². The summed E-state index contributed by atoms with van der Waals surface area (Å²) in [6.07, 6.45) is -0.657. The first-order valence-electron chi connectivity index (χ1n) is 2.45. The van der Waals surface area contributed by atoms with Gasteiger partial charge in [0, 0.05) is 6.61 Å². The highest BCUT2D eigenvalue weighted by atomic mass is 16.7. The average Bonchev–Trinajstić information content (AvgIpc) is 1.88. The predicted molar refractivity (Wildman–Crippen MR) is 32.2 cm³/mol. The van der Waals surface area contributed by atoms with E-state index in [1.165, 1.54) is 14.2 Å². The van der Waals surface area contributed by atoms with Crippen molar-refractivity contribution >= 4 is 6.16 Å². The highest BCUT2D eigenvalue weighted by Crippen LogP contribution is 1.72. The van der Waals surface area contributed by atoms with E-state index in [0.717, 1.165) is 0 Å². The van der Waals surface area contributed by atoms with Gasteiger partial charge >= 0.3 is 6.16 Å². The minimum Gasteiger partial charge on any atom is -0.438 e. The number of rotatable bonds is 0. The normalized spacial score (nSPS) is 6.67. The molecule has 0 aliphatic rings. The number of carbonyl (C=O) groups excluding carboxylic acids is 1. The molecular weight excluding hydrogens is 124 g/mol. The van der Waals surface area contributed by atoms with Crippen LogP contribution >= 0.6 is 0 Å². The number of hydrogen-bond donors (Lipinski definition) is 1. The molecule has 4 nitrogen and oxygen atoms in total. The van der Waals surface area contributed by atoms with Gasteiger partial charge in [-0.05, 0) is 6.92 Å². The molecule has 0 fully saturated rings. The third-order valence-corrected chi connectivity index (χ3v) is 0.333. The molecule has 0 aromatic heterocycles. The standard InChI is InChI=1S/C3H6O3.C2H6O/c1-5-3(4)6-2;1-2-3/h1-2H3;3H,2H2,1H3. The van der Waals surface area contributed by atoms with E-state index in [1.807, 2.05) is 0 Å². The van der Waals surface area contributed by atoms with Crippen LogP contribution in [0.5, 0.6) is 0 Å². The molecule has 0 rings (SSSR count). The first-order chi connectivity index (χ1) is 4.22. The van der Waals surface area contributed by atoms with Gasteiger partial charge in [0.2, 0.25) is 0 Å². The number of hydrogen-bond acceptors (Lipinski definition) is 4. The fourth-order valence-electron chi connectivity index (χ4n) is 0.0833. The minimum atomic E-state index is -0.657. The summed E-state index contributed by atoms with van der Waals surface area (Å²) < 4.78 is 8.08. The molecular formula is C5H12O4. The monoisotopic (exact) mass is 136 g/mol. The van der Waals surface area contributed by atoms with Crippen molar-refractivity contribution in [3.8, 4) is 0 Å². The van der Waals surface area contributed by atoms with Crippen molar-refractivity contribution in [3.63, 3.8) is 0 Å². The predicted octanol–water partition coefficient (Wildman–Crippen LogP) is 0.398. The van der Waals surface area contributed by atoms with Crippen LogP contribution in [0.15, 0.2) is 0 Å². The lowest BCUT2D eigenvalue weighted by atomic mass is 10.9. The number of ether oxygens (including phenoxy) is 2. The van der Waals surface area contributed by atoms with E-state index in [2.05, 4.69) is 9.47 Å². The molecule has 9 heavy (non-hydrogen) atoms. The van der Waals surface area contributed by atoms with E-state index in [1.54, 1.807) is 6.92 Å². The van der Waals surface area contributed by atoms with E-state index in [9.17, 15) is 4.79 Å². The molecule has 0 spiro atoms. The van der Waals surface area contributed by atoms with Gasteiger partial charge in [-0.2, -0.15) is 0 Å². The van der Waals surface area contributed by atoms with Crippen LogP contribution < -0.4 is 0 Å². The summed E-state index contributed by atoms with van der Waals surface area (Å²) in [7, 11) is 2.51. The topological polar surface area (TPSA) is 55.8 Å². The Labute approximate surface area is 54.4 Å². The van der Waals surface area contributed by atoms with Gasteiger partial charge in [-0.15, -0.1) is 0 Å². The van der Waals surface area contributed by atoms with Crippen LogP contribution in [0.4, 0.5) is 4.79 Å². The third-order valence-electron chi connectivity index (χ3n) is 0.333. The molecule has 56 valence electrons. The zero-order chi connectivity index (χ0) is 7.70. The summed E-state index contributed by atoms with van der Waals surface area (Å²) in [5, 5.41) is 7.57. The first-order valence-corrected chi connectivity index (χ1v) is 2.45. The maximum Gasteiger partial charge on any atom is 0.507 e. The van der Waals surface area contributed by atoms with Crippen molar-refractivity contribution in [2.75, 3.05) is 20.8 Å². The lowest BCUT2D eigenvalue weighted by molar-refractivity contribution is 0.0924. The molecule has 0 aromatic carbocycles. The Kier molecular flexibility index (Phi) is 12.6. The fraction of sp³-hybridized carbons (Fsp3) is 0.800. The maximum atomic E-state index is 9.74. The molecule has 1 N–H and O–H groups in total. The molecule has 0 unspecified atom stereocenters. The van der Waals surface area contributed by atoms with Gasteiger partial charge in [0.05, 0.1) is 14.2 Å². The van der Waals surface area contributed by atoms with Gasteiger partial charge in [-0.1, -0.05) is 0 Å². The van der Waals surface area contributed by atoms with Gasteiger partial charge in [0.25, 0.3) is 0 Å². The average molecular weight is 136 g/mol. The van der Waals surface area contributed by atoms with E-state index in [0.29, 0.717) is 0 Å². The Bertz CT molecular complexity index is 56.0. The van der Waals surface area contributed by atoms with Gasteiger partial charge in [-0.3, -0.25) is 0 Å². The van der Waals surface area contributed by atoms with Gasteiger partial charge < -0.3 is 14.6 Å². The highest BCUT2D eigenvalue weighted by Gasteiger charge is 1.88. The summed E-state index contributed by atoms with van der Waals surface area (Å²) in [5.74, 6) is 0. The van der Waals surface area contributed by atoms with Crippen LogP contribution in [0.2, 0.25) is 0 Å². The number of methoxy groups -OCH3 is 2. The molecule has 0 saturated heterocycles. The molecule has 0 aliphatic carbocycles. The quantitative estimate of drug-likeness (QED) is 0.489. The smallest absolute Gasteiger partial charge is 0.438 e. The zero-order valence-electron chi connectivity index (χ0n) is 5.88. The molecule has 0 amide bonds. The molecule has 0 radical (unpaired) electrons. The fourth-order valence-corrected chi connectivity index (χ4v) is 0.0833. The third kappa shape index (κ3) is 19.0. The van der Waals surface area contributed by atoms with E-state index >= 15 is 0 Å². The van der Waals surface area contributed by atoms with Crippen LogP contribution in [0.25, 0.3) is 0 Å². The van der Waals surface area contributed by atoms with E-state index < -0.39 is 6.16 Å². The Hall–Kier alpha value is -0.770. The van der Waals surface area contributed by atoms with E-state index in [4.69, 9.17) is 5.11 Å². The van der Waals surface area contributed by atoms with Crippen LogP contribution in [-0.4, -0.2) is 32.1 Å². The number of aliphatic hydroxyl groups excluding tert-OH is 1. The van der Waals surface area contributed by atoms with Gasteiger partial charge in [0.15, 0.2) is 0 Å². The second-order valence-electron chi connectivity index (χ2n) is 0.974. The summed E-state index contributed by atoms with van der Waals surface area (Å²) in [4.78, 5) is 9.74. The Morgan fingerprint density at radius 2 is 1.67 bits per heavy atom. The lowest BCUT2D eigenvalue weighted by Crippen LogP contribution is -1.97. The second-order valence-corrected chi connectivity index (χ2v) is 0.974. The SMILES string of the molecule is CCO.COC(=O)OC. The Balaban J connectivity index is 0. The zero-order valence-corrected chi connectivity index (χ0v) is 5.88. The van der Waals surface area contributed by atoms with Crippen LogP contribution in [0.1, 0.15) is 6.92 Å². The summed E-state index contributed by atoms with van der Waals surface area (Å²) in [5.41, 5.74) is 0. The summed E-state index contributed by atoms with van der Waals surface area (Å²) >= 11 is 0. The summed E-state index contributed by atoms with van der Waals surface area (Å²) in [6.45, 7) is 1.93. The molecule has 0 aliphatic heterocycles. The van der Waals surface area contributed by atoms with Crippen LogP contribution in [0, 0.1) is 0 Å². The van der Waals surface area contributed by atoms with E-state index in [-0.39, 0.29) is 6.61 Å². The molecule has 0 saturated carbocycles. The maximum absolute atomic E-state index is 9.74. The lowest BCUT2D eigenvalue weighted by Gasteiger charge is -1.89. The summed E-state index contributed by atoms with van der Waals surface area (Å²) in [6, 6.07) is 0. The largest absolute Gasteiger partial charge is 0.507 e. The Morgan fingerprint density at radius 1 is 1.44 bits per heavy atom. The highest BCUT2D eigenvalue weighted by molar-refractivity contribution is 5.59. The van der Waals surface area contributed by atoms with Gasteiger partial charge in [0.1, 0.15) is 0 Å². The van der Waals surface area contributed by atoms with Crippen LogP contribution in [0.3, 0.4) is 0 Å². The van der Waals surface area contributed by atoms with Crippen molar-refractivity contribution in [3.05, 3.63) is 0 Å². The minimum absolute atomic E-state index is 0.250. The molecule has 0 bridgehead atoms. The van der Waals surface area contributed by atoms with Crippen molar-refractivity contribution in [1.29, 1.82) is 0 Å².